The number of hydrogen-bond acceptors (Lipinski definition) is 3. The van der Waals surface area contributed by atoms with Crippen molar-refractivity contribution < 1.29 is 0 Å². The lowest BCUT2D eigenvalue weighted by Gasteiger charge is -2.32. The highest BCUT2D eigenvalue weighted by molar-refractivity contribution is 7.98. The van der Waals surface area contributed by atoms with Crippen LogP contribution in [0.1, 0.15) is 33.6 Å². The predicted molar refractivity (Wildman–Crippen MR) is 81.1 cm³/mol. The minimum Gasteiger partial charge on any atom is -0.336 e. The van der Waals surface area contributed by atoms with E-state index in [9.17, 15) is 0 Å². The highest BCUT2D eigenvalue weighted by Crippen LogP contribution is 2.20. The number of unbranched alkanes of at least 4 members (excludes halogenated alkanes) is 1. The lowest BCUT2D eigenvalue weighted by Crippen LogP contribution is -2.43. The van der Waals surface area contributed by atoms with E-state index in [4.69, 9.17) is 0 Å². The van der Waals surface area contributed by atoms with Gasteiger partial charge in [-0.25, -0.2) is 4.98 Å². The SMILES string of the molecule is CSCCCCNC(Cn1ccnc1)C(C)(C)C. The van der Waals surface area contributed by atoms with Crippen LogP contribution >= 0.6 is 11.8 Å². The van der Waals surface area contributed by atoms with E-state index < -0.39 is 0 Å². The van der Waals surface area contributed by atoms with Crippen molar-refractivity contribution in [3.8, 4) is 0 Å². The smallest absolute Gasteiger partial charge is 0.0946 e. The molecule has 1 N–H and O–H groups in total. The first-order chi connectivity index (χ1) is 8.54. The Balaban J connectivity index is 2.37. The molecule has 0 bridgehead atoms. The van der Waals surface area contributed by atoms with Gasteiger partial charge in [-0.15, -0.1) is 0 Å². The number of hydrogen-bond donors (Lipinski definition) is 1. The van der Waals surface area contributed by atoms with Gasteiger partial charge < -0.3 is 9.88 Å². The van der Waals surface area contributed by atoms with Crippen molar-refractivity contribution in [1.82, 2.24) is 14.9 Å². The standard InChI is InChI=1S/C14H27N3S/c1-14(2,3)13(11-17-9-8-15-12-17)16-7-5-6-10-18-4/h8-9,12-13,16H,5-7,10-11H2,1-4H3. The van der Waals surface area contributed by atoms with Gasteiger partial charge in [-0.2, -0.15) is 11.8 Å². The summed E-state index contributed by atoms with van der Waals surface area (Å²) in [4.78, 5) is 4.11. The molecule has 104 valence electrons. The van der Waals surface area contributed by atoms with Crippen LogP contribution < -0.4 is 5.32 Å². The molecule has 0 aliphatic heterocycles. The summed E-state index contributed by atoms with van der Waals surface area (Å²) in [5, 5.41) is 3.70. The Hall–Kier alpha value is -0.480. The van der Waals surface area contributed by atoms with Crippen molar-refractivity contribution >= 4 is 11.8 Å². The van der Waals surface area contributed by atoms with Gasteiger partial charge in [-0.3, -0.25) is 0 Å². The number of aromatic nitrogens is 2. The van der Waals surface area contributed by atoms with Crippen molar-refractivity contribution in [2.24, 2.45) is 5.41 Å². The third-order valence-corrected chi connectivity index (χ3v) is 3.86. The molecule has 1 atom stereocenters. The first-order valence-electron chi connectivity index (χ1n) is 6.72. The molecule has 0 amide bonds. The minimum atomic E-state index is 0.268. The molecule has 0 spiro atoms. The van der Waals surface area contributed by atoms with E-state index in [1.54, 1.807) is 0 Å². The number of nitrogens with zero attached hydrogens (tertiary/aromatic N) is 2. The molecule has 4 heteroatoms. The Morgan fingerprint density at radius 3 is 2.67 bits per heavy atom. The summed E-state index contributed by atoms with van der Waals surface area (Å²) in [5.41, 5.74) is 0.268. The molecule has 0 aliphatic rings. The van der Waals surface area contributed by atoms with Gasteiger partial charge in [0.15, 0.2) is 0 Å². The molecule has 1 rings (SSSR count). The van der Waals surface area contributed by atoms with E-state index in [2.05, 4.69) is 41.9 Å². The van der Waals surface area contributed by atoms with Crippen LogP contribution in [0.2, 0.25) is 0 Å². The maximum Gasteiger partial charge on any atom is 0.0946 e. The van der Waals surface area contributed by atoms with Crippen LogP contribution in [0, 0.1) is 5.41 Å². The average molecular weight is 269 g/mol. The van der Waals surface area contributed by atoms with Gasteiger partial charge in [-0.05, 0) is 36.8 Å². The summed E-state index contributed by atoms with van der Waals surface area (Å²) in [5.74, 6) is 1.27. The van der Waals surface area contributed by atoms with Gasteiger partial charge in [0, 0.05) is 25.0 Å². The van der Waals surface area contributed by atoms with Gasteiger partial charge >= 0.3 is 0 Å². The Labute approximate surface area is 116 Å². The van der Waals surface area contributed by atoms with E-state index in [1.807, 2.05) is 30.5 Å². The molecule has 0 saturated carbocycles. The molecule has 3 nitrogen and oxygen atoms in total. The van der Waals surface area contributed by atoms with Gasteiger partial charge in [0.05, 0.1) is 6.33 Å². The van der Waals surface area contributed by atoms with Crippen LogP contribution in [0.25, 0.3) is 0 Å². The summed E-state index contributed by atoms with van der Waals surface area (Å²) in [6.07, 6.45) is 10.5. The third kappa shape index (κ3) is 5.91. The molecule has 0 radical (unpaired) electrons. The zero-order valence-electron chi connectivity index (χ0n) is 12.1. The molecular weight excluding hydrogens is 242 g/mol. The monoisotopic (exact) mass is 269 g/mol. The van der Waals surface area contributed by atoms with Crippen LogP contribution in [0.15, 0.2) is 18.7 Å². The van der Waals surface area contributed by atoms with Crippen LogP contribution in [-0.2, 0) is 6.54 Å². The molecule has 0 aromatic carbocycles. The second-order valence-electron chi connectivity index (χ2n) is 5.83. The van der Waals surface area contributed by atoms with E-state index in [1.165, 1.54) is 18.6 Å². The van der Waals surface area contributed by atoms with Gasteiger partial charge in [-0.1, -0.05) is 20.8 Å². The van der Waals surface area contributed by atoms with Gasteiger partial charge in [0.25, 0.3) is 0 Å². The van der Waals surface area contributed by atoms with Crippen molar-refractivity contribution in [3.05, 3.63) is 18.7 Å². The quantitative estimate of drug-likeness (QED) is 0.736. The highest BCUT2D eigenvalue weighted by atomic mass is 32.2. The number of rotatable bonds is 8. The zero-order valence-corrected chi connectivity index (χ0v) is 13.0. The topological polar surface area (TPSA) is 29.9 Å². The molecule has 0 aliphatic carbocycles. The largest absolute Gasteiger partial charge is 0.336 e. The Morgan fingerprint density at radius 2 is 2.11 bits per heavy atom. The lowest BCUT2D eigenvalue weighted by atomic mass is 9.86. The molecule has 1 heterocycles. The maximum absolute atomic E-state index is 4.11. The van der Waals surface area contributed by atoms with E-state index in [0.29, 0.717) is 6.04 Å². The first-order valence-corrected chi connectivity index (χ1v) is 8.11. The van der Waals surface area contributed by atoms with Crippen LogP contribution in [0.4, 0.5) is 0 Å². The fourth-order valence-corrected chi connectivity index (χ4v) is 2.39. The summed E-state index contributed by atoms with van der Waals surface area (Å²) in [6.45, 7) is 8.99. The number of nitrogens with one attached hydrogen (secondary N) is 1. The maximum atomic E-state index is 4.11. The van der Waals surface area contributed by atoms with Crippen LogP contribution in [0.5, 0.6) is 0 Å². The van der Waals surface area contributed by atoms with E-state index in [0.717, 1.165) is 13.1 Å². The van der Waals surface area contributed by atoms with Crippen molar-refractivity contribution in [2.75, 3.05) is 18.6 Å². The number of thioether (sulfide) groups is 1. The Morgan fingerprint density at radius 1 is 1.33 bits per heavy atom. The van der Waals surface area contributed by atoms with E-state index in [-0.39, 0.29) is 5.41 Å². The van der Waals surface area contributed by atoms with Crippen molar-refractivity contribution in [1.29, 1.82) is 0 Å². The zero-order chi connectivity index (χ0) is 13.4. The first kappa shape index (κ1) is 15.6. The lowest BCUT2D eigenvalue weighted by molar-refractivity contribution is 0.241. The predicted octanol–water partition coefficient (Wildman–Crippen LogP) is 3.03. The molecule has 1 aromatic rings. The fraction of sp³-hybridized carbons (Fsp3) is 0.786. The number of imidazole rings is 1. The average Bonchev–Trinajstić information content (AvgIpc) is 2.78. The van der Waals surface area contributed by atoms with Crippen molar-refractivity contribution in [3.63, 3.8) is 0 Å². The Bertz CT molecular complexity index is 303. The minimum absolute atomic E-state index is 0.268. The summed E-state index contributed by atoms with van der Waals surface area (Å²) >= 11 is 1.93. The van der Waals surface area contributed by atoms with Crippen LogP contribution in [-0.4, -0.2) is 34.1 Å². The Kier molecular flexibility index (Phi) is 6.79. The molecule has 18 heavy (non-hydrogen) atoms. The van der Waals surface area contributed by atoms with Crippen molar-refractivity contribution in [2.45, 2.75) is 46.2 Å². The third-order valence-electron chi connectivity index (χ3n) is 3.16. The second kappa shape index (κ2) is 7.85. The molecule has 0 saturated heterocycles. The normalized spacial score (nSPS) is 13.8. The molecule has 1 aromatic heterocycles. The molecule has 0 fully saturated rings. The summed E-state index contributed by atoms with van der Waals surface area (Å²) in [6, 6.07) is 0.487. The molecular formula is C14H27N3S. The summed E-state index contributed by atoms with van der Waals surface area (Å²) in [7, 11) is 0. The van der Waals surface area contributed by atoms with E-state index >= 15 is 0 Å². The highest BCUT2D eigenvalue weighted by Gasteiger charge is 2.24. The molecule has 1 unspecified atom stereocenters. The second-order valence-corrected chi connectivity index (χ2v) is 6.82. The van der Waals surface area contributed by atoms with Gasteiger partial charge in [0.2, 0.25) is 0 Å². The van der Waals surface area contributed by atoms with Gasteiger partial charge in [0.1, 0.15) is 0 Å². The fourth-order valence-electron chi connectivity index (χ4n) is 1.90. The summed E-state index contributed by atoms with van der Waals surface area (Å²) < 4.78 is 2.16. The van der Waals surface area contributed by atoms with Crippen LogP contribution in [0.3, 0.4) is 0 Å².